The molecule has 0 unspecified atom stereocenters. The summed E-state index contributed by atoms with van der Waals surface area (Å²) in [5, 5.41) is 16.9. The van der Waals surface area contributed by atoms with Crippen LogP contribution in [0.15, 0.2) is 96.1 Å². The molecule has 0 spiro atoms. The lowest BCUT2D eigenvalue weighted by atomic mass is 10.0. The second kappa shape index (κ2) is 9.53. The number of nitro groups is 1. The average molecular weight is 425 g/mol. The van der Waals surface area contributed by atoms with Crippen molar-refractivity contribution in [2.24, 2.45) is 5.10 Å². The summed E-state index contributed by atoms with van der Waals surface area (Å²) >= 11 is 0. The van der Waals surface area contributed by atoms with E-state index >= 15 is 0 Å². The second-order valence-corrected chi connectivity index (χ2v) is 6.98. The van der Waals surface area contributed by atoms with E-state index in [-0.39, 0.29) is 11.3 Å². The monoisotopic (exact) mass is 425 g/mol. The summed E-state index contributed by atoms with van der Waals surface area (Å²) in [5.41, 5.74) is 4.17. The minimum Gasteiger partial charge on any atom is -0.488 e. The molecular weight excluding hydrogens is 406 g/mol. The molecule has 32 heavy (non-hydrogen) atoms. The van der Waals surface area contributed by atoms with Crippen LogP contribution in [0.1, 0.15) is 21.5 Å². The lowest BCUT2D eigenvalue weighted by Gasteiger charge is -2.12. The third-order valence-corrected chi connectivity index (χ3v) is 4.85. The molecular formula is C25H19N3O4. The van der Waals surface area contributed by atoms with Crippen LogP contribution in [-0.4, -0.2) is 17.0 Å². The van der Waals surface area contributed by atoms with Crippen LogP contribution >= 0.6 is 0 Å². The Hall–Kier alpha value is -4.52. The van der Waals surface area contributed by atoms with Crippen LogP contribution in [0.2, 0.25) is 0 Å². The van der Waals surface area contributed by atoms with Crippen molar-refractivity contribution in [3.8, 4) is 5.75 Å². The molecule has 1 N–H and O–H groups in total. The van der Waals surface area contributed by atoms with Gasteiger partial charge in [0.1, 0.15) is 12.4 Å². The Kier molecular flexibility index (Phi) is 6.17. The van der Waals surface area contributed by atoms with Gasteiger partial charge in [-0.15, -0.1) is 0 Å². The van der Waals surface area contributed by atoms with E-state index in [9.17, 15) is 14.9 Å². The van der Waals surface area contributed by atoms with E-state index in [1.54, 1.807) is 0 Å². The van der Waals surface area contributed by atoms with Gasteiger partial charge in [0.2, 0.25) is 0 Å². The molecule has 0 bridgehead atoms. The van der Waals surface area contributed by atoms with E-state index in [2.05, 4.69) is 10.5 Å². The smallest absolute Gasteiger partial charge is 0.271 e. The van der Waals surface area contributed by atoms with Crippen molar-refractivity contribution in [1.82, 2.24) is 5.43 Å². The lowest BCUT2D eigenvalue weighted by molar-refractivity contribution is -0.384. The summed E-state index contributed by atoms with van der Waals surface area (Å²) in [7, 11) is 0. The van der Waals surface area contributed by atoms with Gasteiger partial charge < -0.3 is 4.74 Å². The zero-order valence-corrected chi connectivity index (χ0v) is 17.0. The van der Waals surface area contributed by atoms with Crippen molar-refractivity contribution in [2.75, 3.05) is 0 Å². The molecule has 158 valence electrons. The summed E-state index contributed by atoms with van der Waals surface area (Å²) < 4.78 is 6.04. The first-order valence-electron chi connectivity index (χ1n) is 9.88. The molecule has 4 rings (SSSR count). The summed E-state index contributed by atoms with van der Waals surface area (Å²) in [6.45, 7) is 0.389. The first-order chi connectivity index (χ1) is 15.6. The summed E-state index contributed by atoms with van der Waals surface area (Å²) in [6.07, 6.45) is 1.53. The molecule has 0 atom stereocenters. The fourth-order valence-electron chi connectivity index (χ4n) is 3.25. The number of nitrogens with one attached hydrogen (secondary N) is 1. The maximum atomic E-state index is 12.4. The highest BCUT2D eigenvalue weighted by atomic mass is 16.6. The van der Waals surface area contributed by atoms with Gasteiger partial charge in [-0.25, -0.2) is 5.43 Å². The van der Waals surface area contributed by atoms with E-state index in [0.29, 0.717) is 12.4 Å². The van der Waals surface area contributed by atoms with Crippen LogP contribution < -0.4 is 10.2 Å². The predicted molar refractivity (Wildman–Crippen MR) is 123 cm³/mol. The van der Waals surface area contributed by atoms with Crippen molar-refractivity contribution in [3.05, 3.63) is 118 Å². The van der Waals surface area contributed by atoms with Gasteiger partial charge >= 0.3 is 0 Å². The first-order valence-corrected chi connectivity index (χ1v) is 9.88. The van der Waals surface area contributed by atoms with Crippen LogP contribution in [0.4, 0.5) is 5.69 Å². The number of benzene rings is 4. The Bertz CT molecular complexity index is 1300. The molecule has 7 nitrogen and oxygen atoms in total. The molecule has 0 radical (unpaired) electrons. The van der Waals surface area contributed by atoms with Crippen LogP contribution in [0.5, 0.6) is 5.75 Å². The Labute approximate surface area is 184 Å². The number of hydrogen-bond donors (Lipinski definition) is 1. The second-order valence-electron chi connectivity index (χ2n) is 6.98. The molecule has 4 aromatic carbocycles. The third-order valence-electron chi connectivity index (χ3n) is 4.85. The summed E-state index contributed by atoms with van der Waals surface area (Å²) in [4.78, 5) is 22.8. The Morgan fingerprint density at radius 1 is 0.969 bits per heavy atom. The normalized spacial score (nSPS) is 10.9. The van der Waals surface area contributed by atoms with Crippen molar-refractivity contribution >= 4 is 28.6 Å². The number of carbonyl (C=O) groups is 1. The van der Waals surface area contributed by atoms with Crippen LogP contribution in [0.25, 0.3) is 10.8 Å². The van der Waals surface area contributed by atoms with E-state index in [1.807, 2.05) is 66.7 Å². The molecule has 1 amide bonds. The van der Waals surface area contributed by atoms with E-state index in [1.165, 1.54) is 30.5 Å². The van der Waals surface area contributed by atoms with Gasteiger partial charge in [-0.2, -0.15) is 5.10 Å². The number of carbonyl (C=O) groups excluding carboxylic acids is 1. The third kappa shape index (κ3) is 4.79. The number of nitro benzene ring substituents is 1. The standard InChI is InChI=1S/C25H19N3O4/c29-25(20-10-6-11-21(15-20)28(30)31)27-26-16-23-22-12-5-4-9-19(22)13-14-24(23)32-17-18-7-2-1-3-8-18/h1-16H,17H2,(H,27,29)/b26-16-. The fourth-order valence-corrected chi connectivity index (χ4v) is 3.25. The Balaban J connectivity index is 1.58. The van der Waals surface area contributed by atoms with Crippen LogP contribution in [0, 0.1) is 10.1 Å². The molecule has 0 heterocycles. The number of non-ortho nitro benzene ring substituents is 1. The topological polar surface area (TPSA) is 93.8 Å². The van der Waals surface area contributed by atoms with E-state index < -0.39 is 10.8 Å². The number of ether oxygens (including phenoxy) is 1. The quantitative estimate of drug-likeness (QED) is 0.253. The largest absolute Gasteiger partial charge is 0.488 e. The molecule has 0 fully saturated rings. The first kappa shape index (κ1) is 20.7. The van der Waals surface area contributed by atoms with Crippen molar-refractivity contribution in [2.45, 2.75) is 6.61 Å². The van der Waals surface area contributed by atoms with Gasteiger partial charge in [-0.3, -0.25) is 14.9 Å². The lowest BCUT2D eigenvalue weighted by Crippen LogP contribution is -2.17. The number of rotatable bonds is 7. The van der Waals surface area contributed by atoms with Crippen LogP contribution in [-0.2, 0) is 6.61 Å². The van der Waals surface area contributed by atoms with Gasteiger partial charge in [-0.1, -0.05) is 66.7 Å². The predicted octanol–water partition coefficient (Wildman–Crippen LogP) is 5.09. The fraction of sp³-hybridized carbons (Fsp3) is 0.0400. The van der Waals surface area contributed by atoms with E-state index in [4.69, 9.17) is 4.74 Å². The average Bonchev–Trinajstić information content (AvgIpc) is 2.84. The van der Waals surface area contributed by atoms with E-state index in [0.717, 1.165) is 21.9 Å². The zero-order valence-electron chi connectivity index (χ0n) is 17.0. The number of fused-ring (bicyclic) bond motifs is 1. The van der Waals surface area contributed by atoms with Gasteiger partial charge in [0.05, 0.1) is 11.1 Å². The van der Waals surface area contributed by atoms with Gasteiger partial charge in [0.25, 0.3) is 11.6 Å². The summed E-state index contributed by atoms with van der Waals surface area (Å²) in [6, 6.07) is 26.9. The van der Waals surface area contributed by atoms with Gasteiger partial charge in [0, 0.05) is 23.3 Å². The van der Waals surface area contributed by atoms with Crippen molar-refractivity contribution in [3.63, 3.8) is 0 Å². The highest BCUT2D eigenvalue weighted by molar-refractivity contribution is 6.03. The minimum absolute atomic E-state index is 0.148. The molecule has 0 saturated carbocycles. The molecule has 0 aliphatic carbocycles. The van der Waals surface area contributed by atoms with Crippen molar-refractivity contribution in [1.29, 1.82) is 0 Å². The number of amides is 1. The SMILES string of the molecule is O=C(N/N=C\c1c(OCc2ccccc2)ccc2ccccc12)c1cccc([N+](=O)[O-])c1. The molecule has 4 aromatic rings. The maximum Gasteiger partial charge on any atom is 0.271 e. The Morgan fingerprint density at radius 3 is 2.56 bits per heavy atom. The molecule has 0 aromatic heterocycles. The van der Waals surface area contributed by atoms with Crippen LogP contribution in [0.3, 0.4) is 0 Å². The molecule has 0 saturated heterocycles. The molecule has 7 heteroatoms. The minimum atomic E-state index is -0.549. The Morgan fingerprint density at radius 2 is 1.75 bits per heavy atom. The maximum absolute atomic E-state index is 12.4. The van der Waals surface area contributed by atoms with Crippen molar-refractivity contribution < 1.29 is 14.5 Å². The summed E-state index contributed by atoms with van der Waals surface area (Å²) in [5.74, 6) is 0.0813. The highest BCUT2D eigenvalue weighted by Gasteiger charge is 2.11. The molecule has 0 aliphatic rings. The zero-order chi connectivity index (χ0) is 22.3. The highest BCUT2D eigenvalue weighted by Crippen LogP contribution is 2.27. The van der Waals surface area contributed by atoms with Gasteiger partial charge in [0.15, 0.2) is 0 Å². The molecule has 0 aliphatic heterocycles. The number of hydrazone groups is 1. The number of hydrogen-bond acceptors (Lipinski definition) is 5. The van der Waals surface area contributed by atoms with Gasteiger partial charge in [-0.05, 0) is 28.5 Å². The number of nitrogens with zero attached hydrogens (tertiary/aromatic N) is 2.